The molecule has 12 nitrogen and oxygen atoms in total. The highest BCUT2D eigenvalue weighted by Crippen LogP contribution is 2.36. The van der Waals surface area contributed by atoms with Crippen LogP contribution in [-0.2, 0) is 23.7 Å². The van der Waals surface area contributed by atoms with Crippen LogP contribution in [0.2, 0.25) is 0 Å². The smallest absolute Gasteiger partial charge is 0.480 e. The van der Waals surface area contributed by atoms with Crippen LogP contribution in [0.25, 0.3) is 0 Å². The molecule has 12 heteroatoms. The van der Waals surface area contributed by atoms with Crippen molar-refractivity contribution in [1.82, 2.24) is 0 Å². The second-order valence-electron chi connectivity index (χ2n) is 11.6. The number of nitrogens with two attached hydrogens (primary N) is 1. The van der Waals surface area contributed by atoms with E-state index >= 15 is 0 Å². The molecule has 0 heterocycles. The van der Waals surface area contributed by atoms with Crippen LogP contribution in [0, 0.1) is 11.8 Å². The Bertz CT molecular complexity index is 1070. The first kappa shape index (κ1) is 36.5. The summed E-state index contributed by atoms with van der Waals surface area (Å²) in [6.07, 6.45) is -1.14. The summed E-state index contributed by atoms with van der Waals surface area (Å²) in [4.78, 5) is 49.2. The summed E-state index contributed by atoms with van der Waals surface area (Å²) >= 11 is 0. The molecule has 0 aliphatic rings. The average Bonchev–Trinajstić information content (AvgIpc) is 2.91. The number of ether oxygens (including phenoxy) is 6. The maximum absolute atomic E-state index is 12.7. The van der Waals surface area contributed by atoms with Crippen molar-refractivity contribution in [1.29, 1.82) is 0 Å². The number of carboxylic acids is 1. The number of aliphatic carboxylic acids is 1. The van der Waals surface area contributed by atoms with Crippen molar-refractivity contribution in [2.75, 3.05) is 13.2 Å². The minimum absolute atomic E-state index is 0.155. The Morgan fingerprint density at radius 3 is 1.79 bits per heavy atom. The minimum atomic E-state index is -1.43. The number of rotatable bonds is 15. The fraction of sp³-hybridized carbons (Fsp3) is 0.667. The molecule has 238 valence electrons. The molecule has 3 N–H and O–H groups in total. The first-order valence-corrected chi connectivity index (χ1v) is 14.2. The molecule has 0 saturated carbocycles. The van der Waals surface area contributed by atoms with Gasteiger partial charge in [0.25, 0.3) is 0 Å². The zero-order valence-electron chi connectivity index (χ0n) is 26.2. The fourth-order valence-corrected chi connectivity index (χ4v) is 3.43. The van der Waals surface area contributed by atoms with Crippen molar-refractivity contribution in [3.63, 3.8) is 0 Å². The summed E-state index contributed by atoms with van der Waals surface area (Å²) in [6, 6.07) is 2.71. The fourth-order valence-electron chi connectivity index (χ4n) is 3.43. The zero-order valence-corrected chi connectivity index (χ0v) is 26.2. The second-order valence-corrected chi connectivity index (χ2v) is 11.6. The molecule has 4 atom stereocenters. The Morgan fingerprint density at radius 2 is 1.31 bits per heavy atom. The van der Waals surface area contributed by atoms with Crippen LogP contribution in [0.1, 0.15) is 93.1 Å². The highest BCUT2D eigenvalue weighted by molar-refractivity contribution is 5.75. The van der Waals surface area contributed by atoms with Gasteiger partial charge in [-0.2, -0.15) is 0 Å². The van der Waals surface area contributed by atoms with Gasteiger partial charge in [0, 0.05) is 5.92 Å². The van der Waals surface area contributed by atoms with Gasteiger partial charge in [-0.3, -0.25) is 4.79 Å². The largest absolute Gasteiger partial charge is 0.514 e. The predicted molar refractivity (Wildman–Crippen MR) is 154 cm³/mol. The van der Waals surface area contributed by atoms with Crippen molar-refractivity contribution >= 4 is 24.4 Å². The van der Waals surface area contributed by atoms with Crippen LogP contribution in [0.5, 0.6) is 11.5 Å². The van der Waals surface area contributed by atoms with Gasteiger partial charge in [0.1, 0.15) is 17.2 Å². The van der Waals surface area contributed by atoms with Crippen molar-refractivity contribution in [3.8, 4) is 11.5 Å². The topological polar surface area (TPSA) is 170 Å². The first-order valence-electron chi connectivity index (χ1n) is 14.2. The van der Waals surface area contributed by atoms with Crippen LogP contribution >= 0.6 is 0 Å². The Balaban J connectivity index is 3.37. The van der Waals surface area contributed by atoms with E-state index in [2.05, 4.69) is 0 Å². The monoisotopic (exact) mass is 597 g/mol. The SMILES string of the molecule is CCC(C)COC(=O)OCC(C)C(c1ccc(OC(=O)OC(C)(C)CC)c(OC(=O)OC(C)(C)CC)c1)[C@H](N)C(=O)O. The number of hydrogen-bond acceptors (Lipinski definition) is 11. The van der Waals surface area contributed by atoms with E-state index in [9.17, 15) is 24.3 Å². The molecule has 0 fully saturated rings. The number of carboxylic acid groups (broad SMARTS) is 1. The minimum Gasteiger partial charge on any atom is -0.480 e. The quantitative estimate of drug-likeness (QED) is 0.129. The molecular formula is C30H47NO11. The molecule has 0 amide bonds. The van der Waals surface area contributed by atoms with E-state index in [-0.39, 0.29) is 30.6 Å². The number of carbonyl (C=O) groups is 4. The Hall–Kier alpha value is -3.54. The van der Waals surface area contributed by atoms with E-state index in [0.29, 0.717) is 18.4 Å². The molecule has 42 heavy (non-hydrogen) atoms. The summed E-state index contributed by atoms with van der Waals surface area (Å²) in [7, 11) is 0. The van der Waals surface area contributed by atoms with E-state index in [0.717, 1.165) is 6.42 Å². The lowest BCUT2D eigenvalue weighted by atomic mass is 9.82. The van der Waals surface area contributed by atoms with Crippen molar-refractivity contribution in [2.45, 2.75) is 105 Å². The van der Waals surface area contributed by atoms with Gasteiger partial charge in [-0.15, -0.1) is 0 Å². The van der Waals surface area contributed by atoms with Crippen LogP contribution in [-0.4, -0.2) is 60.0 Å². The molecule has 1 aromatic rings. The molecule has 0 radical (unpaired) electrons. The van der Waals surface area contributed by atoms with Crippen LogP contribution in [0.3, 0.4) is 0 Å². The van der Waals surface area contributed by atoms with Gasteiger partial charge >= 0.3 is 24.4 Å². The Labute approximate surface area is 248 Å². The molecule has 0 bridgehead atoms. The van der Waals surface area contributed by atoms with Crippen LogP contribution < -0.4 is 15.2 Å². The molecule has 0 aliphatic carbocycles. The van der Waals surface area contributed by atoms with E-state index in [1.54, 1.807) is 34.6 Å². The first-order chi connectivity index (χ1) is 19.4. The summed E-state index contributed by atoms with van der Waals surface area (Å²) in [5.41, 5.74) is 4.73. The molecule has 0 saturated heterocycles. The third-order valence-corrected chi connectivity index (χ3v) is 7.09. The zero-order chi connectivity index (χ0) is 32.3. The number of benzene rings is 1. The lowest BCUT2D eigenvalue weighted by Crippen LogP contribution is -2.40. The normalized spacial score (nSPS) is 14.5. The summed E-state index contributed by atoms with van der Waals surface area (Å²) in [5.74, 6) is -3.07. The molecule has 0 spiro atoms. The van der Waals surface area contributed by atoms with Gasteiger partial charge in [0.15, 0.2) is 11.5 Å². The van der Waals surface area contributed by atoms with Gasteiger partial charge < -0.3 is 39.3 Å². The van der Waals surface area contributed by atoms with E-state index in [1.807, 2.05) is 27.7 Å². The average molecular weight is 598 g/mol. The van der Waals surface area contributed by atoms with E-state index < -0.39 is 53.5 Å². The van der Waals surface area contributed by atoms with Gasteiger partial charge in [0.05, 0.1) is 13.2 Å². The van der Waals surface area contributed by atoms with Crippen LogP contribution in [0.15, 0.2) is 18.2 Å². The van der Waals surface area contributed by atoms with Gasteiger partial charge in [-0.25, -0.2) is 14.4 Å². The van der Waals surface area contributed by atoms with Crippen molar-refractivity contribution in [3.05, 3.63) is 23.8 Å². The summed E-state index contributed by atoms with van der Waals surface area (Å²) < 4.78 is 31.8. The maximum Gasteiger partial charge on any atom is 0.514 e. The van der Waals surface area contributed by atoms with Crippen molar-refractivity contribution < 1.29 is 52.7 Å². The van der Waals surface area contributed by atoms with E-state index in [1.165, 1.54) is 18.2 Å². The lowest BCUT2D eigenvalue weighted by Gasteiger charge is -2.28. The second kappa shape index (κ2) is 16.2. The molecule has 1 aromatic carbocycles. The predicted octanol–water partition coefficient (Wildman–Crippen LogP) is 6.43. The van der Waals surface area contributed by atoms with Crippen LogP contribution in [0.4, 0.5) is 14.4 Å². The standard InChI is InChI=1S/C30H47NO11/c1-10-18(4)16-37-26(34)38-17-19(5)23(24(31)25(32)33)20-13-14-21(39-27(35)41-29(6,7)11-2)22(15-20)40-28(36)42-30(8,9)12-3/h13-15,18-19,23-24H,10-12,16-17,31H2,1-9H3,(H,32,33)/t18?,19?,23?,24-/m0/s1. The molecule has 0 aliphatic heterocycles. The molecular weight excluding hydrogens is 550 g/mol. The molecule has 1 rings (SSSR count). The van der Waals surface area contributed by atoms with Gasteiger partial charge in [-0.1, -0.05) is 47.1 Å². The highest BCUT2D eigenvalue weighted by atomic mass is 16.8. The summed E-state index contributed by atoms with van der Waals surface area (Å²) in [6.45, 7) is 16.0. The number of hydrogen-bond donors (Lipinski definition) is 2. The third-order valence-electron chi connectivity index (χ3n) is 7.09. The highest BCUT2D eigenvalue weighted by Gasteiger charge is 2.33. The van der Waals surface area contributed by atoms with E-state index in [4.69, 9.17) is 34.2 Å². The third kappa shape index (κ3) is 12.1. The molecule has 0 aromatic heterocycles. The van der Waals surface area contributed by atoms with Gasteiger partial charge in [-0.05, 0) is 70.1 Å². The Kier molecular flexibility index (Phi) is 14.1. The van der Waals surface area contributed by atoms with Gasteiger partial charge in [0.2, 0.25) is 0 Å². The molecule has 3 unspecified atom stereocenters. The lowest BCUT2D eigenvalue weighted by molar-refractivity contribution is -0.139. The Morgan fingerprint density at radius 1 is 0.810 bits per heavy atom. The maximum atomic E-state index is 12.7. The summed E-state index contributed by atoms with van der Waals surface area (Å²) in [5, 5.41) is 9.74. The number of carbonyl (C=O) groups excluding carboxylic acids is 3. The van der Waals surface area contributed by atoms with Crippen molar-refractivity contribution in [2.24, 2.45) is 17.6 Å².